The third-order valence-corrected chi connectivity index (χ3v) is 1.95. The van der Waals surface area contributed by atoms with E-state index in [1.165, 1.54) is 18.2 Å². The molecule has 1 heterocycles. The number of carbonyl (C=O) groups is 1. The molecule has 2 rings (SSSR count). The zero-order valence-electron chi connectivity index (χ0n) is 7.52. The van der Waals surface area contributed by atoms with Crippen molar-refractivity contribution in [1.82, 2.24) is 0 Å². The van der Waals surface area contributed by atoms with Gasteiger partial charge in [0, 0.05) is 17.8 Å². The van der Waals surface area contributed by atoms with Crippen LogP contribution in [0.5, 0.6) is 0 Å². The number of carbonyl (C=O) groups excluding carboxylic acids is 1. The topological polar surface area (TPSA) is 96.4 Å². The fraction of sp³-hybridized carbons (Fsp3) is 0. The molecule has 1 aromatic carbocycles. The Balaban J connectivity index is 2.85. The van der Waals surface area contributed by atoms with Crippen molar-refractivity contribution in [3.63, 3.8) is 0 Å². The molecule has 76 valence electrons. The summed E-state index contributed by atoms with van der Waals surface area (Å²) in [5, 5.41) is 10.8. The van der Waals surface area contributed by atoms with Gasteiger partial charge in [0.05, 0.1) is 5.39 Å². The van der Waals surface area contributed by atoms with Crippen LogP contribution in [0.4, 0.5) is 5.69 Å². The van der Waals surface area contributed by atoms with E-state index in [1.807, 2.05) is 0 Å². The van der Waals surface area contributed by atoms with Gasteiger partial charge in [0.25, 0.3) is 0 Å². The highest BCUT2D eigenvalue weighted by Gasteiger charge is 2.05. The molecule has 5 heteroatoms. The van der Waals surface area contributed by atoms with E-state index < -0.39 is 17.2 Å². The van der Waals surface area contributed by atoms with Crippen LogP contribution < -0.4 is 16.3 Å². The van der Waals surface area contributed by atoms with Gasteiger partial charge in [0.15, 0.2) is 11.2 Å². The summed E-state index contributed by atoms with van der Waals surface area (Å²) in [6.07, 6.45) is 0. The fourth-order valence-corrected chi connectivity index (χ4v) is 1.27. The summed E-state index contributed by atoms with van der Waals surface area (Å²) < 4.78 is 4.94. The highest BCUT2D eigenvalue weighted by molar-refractivity contribution is 5.86. The lowest BCUT2D eigenvalue weighted by Gasteiger charge is -2.03. The van der Waals surface area contributed by atoms with Crippen LogP contribution in [0.1, 0.15) is 10.6 Å². The van der Waals surface area contributed by atoms with Crippen molar-refractivity contribution in [3.05, 3.63) is 40.2 Å². The molecule has 0 aliphatic heterocycles. The van der Waals surface area contributed by atoms with E-state index in [0.717, 1.165) is 6.07 Å². The average Bonchev–Trinajstić information content (AvgIpc) is 2.16. The second-order valence-electron chi connectivity index (χ2n) is 3.02. The zero-order valence-corrected chi connectivity index (χ0v) is 7.52. The molecule has 0 saturated heterocycles. The zero-order chi connectivity index (χ0) is 11.0. The number of aromatic carboxylic acids is 1. The van der Waals surface area contributed by atoms with Gasteiger partial charge in [0.2, 0.25) is 0 Å². The van der Waals surface area contributed by atoms with Gasteiger partial charge in [-0.15, -0.1) is 0 Å². The van der Waals surface area contributed by atoms with E-state index in [4.69, 9.17) is 10.2 Å². The predicted octanol–water partition coefficient (Wildman–Crippen LogP) is -0.261. The summed E-state index contributed by atoms with van der Waals surface area (Å²) >= 11 is 0. The van der Waals surface area contributed by atoms with Crippen LogP contribution in [-0.2, 0) is 0 Å². The van der Waals surface area contributed by atoms with E-state index in [2.05, 4.69) is 0 Å². The Morgan fingerprint density at radius 1 is 1.33 bits per heavy atom. The van der Waals surface area contributed by atoms with Gasteiger partial charge in [0.1, 0.15) is 11.6 Å². The lowest BCUT2D eigenvalue weighted by Crippen LogP contribution is -2.23. The van der Waals surface area contributed by atoms with E-state index in [0.29, 0.717) is 5.69 Å². The average molecular weight is 204 g/mol. The minimum atomic E-state index is -1.53. The van der Waals surface area contributed by atoms with E-state index in [1.54, 1.807) is 0 Å². The summed E-state index contributed by atoms with van der Waals surface area (Å²) in [6.45, 7) is 0. The Hall–Kier alpha value is -2.30. The summed E-state index contributed by atoms with van der Waals surface area (Å²) in [5.41, 5.74) is 5.57. The second kappa shape index (κ2) is 3.13. The number of carboxylic acid groups (broad SMARTS) is 1. The summed E-state index contributed by atoms with van der Waals surface area (Å²) in [4.78, 5) is 21.9. The van der Waals surface area contributed by atoms with Crippen LogP contribution in [-0.4, -0.2) is 5.97 Å². The molecule has 0 radical (unpaired) electrons. The number of hydrogen-bond acceptors (Lipinski definition) is 5. The number of carboxylic acids is 1. The minimum absolute atomic E-state index is 0.140. The van der Waals surface area contributed by atoms with Crippen molar-refractivity contribution >= 4 is 22.6 Å². The number of rotatable bonds is 1. The van der Waals surface area contributed by atoms with Gasteiger partial charge in [-0.1, -0.05) is 0 Å². The van der Waals surface area contributed by atoms with Gasteiger partial charge in [-0.2, -0.15) is 0 Å². The van der Waals surface area contributed by atoms with Crippen molar-refractivity contribution in [2.45, 2.75) is 0 Å². The summed E-state index contributed by atoms with van der Waals surface area (Å²) in [5.74, 6) is -2.03. The predicted molar refractivity (Wildman–Crippen MR) is 51.2 cm³/mol. The maximum Gasteiger partial charge on any atom is 0.193 e. The first kappa shape index (κ1) is 9.26. The van der Waals surface area contributed by atoms with Gasteiger partial charge in [-0.25, -0.2) is 0 Å². The van der Waals surface area contributed by atoms with E-state index in [-0.39, 0.29) is 11.0 Å². The molecule has 0 unspecified atom stereocenters. The Kier molecular flexibility index (Phi) is 1.93. The normalized spacial score (nSPS) is 10.4. The molecule has 0 spiro atoms. The van der Waals surface area contributed by atoms with E-state index >= 15 is 0 Å². The standard InChI is InChI=1S/C10H7NO4/c11-5-1-2-6-7(12)4-9(10(13)14)15-8(6)3-5/h1-4H,11H2,(H,13,14)/p-1. The van der Waals surface area contributed by atoms with Crippen LogP contribution in [0.2, 0.25) is 0 Å². The number of benzene rings is 1. The number of anilines is 1. The molecule has 0 aliphatic rings. The third kappa shape index (κ3) is 1.54. The maximum absolute atomic E-state index is 11.4. The Bertz CT molecular complexity index is 600. The molecule has 0 atom stereocenters. The molecular formula is C10H6NO4-. The SMILES string of the molecule is Nc1ccc2c(=O)cc(C(=O)[O-])oc2c1. The highest BCUT2D eigenvalue weighted by Crippen LogP contribution is 2.15. The van der Waals surface area contributed by atoms with Gasteiger partial charge >= 0.3 is 0 Å². The van der Waals surface area contributed by atoms with Crippen LogP contribution >= 0.6 is 0 Å². The Labute approximate surface area is 83.7 Å². The van der Waals surface area contributed by atoms with Crippen molar-refractivity contribution in [3.8, 4) is 0 Å². The molecule has 2 N–H and O–H groups in total. The number of hydrogen-bond donors (Lipinski definition) is 1. The molecule has 0 aliphatic carbocycles. The minimum Gasteiger partial charge on any atom is -0.542 e. The molecule has 15 heavy (non-hydrogen) atoms. The molecular weight excluding hydrogens is 198 g/mol. The van der Waals surface area contributed by atoms with Crippen molar-refractivity contribution < 1.29 is 14.3 Å². The van der Waals surface area contributed by atoms with Crippen molar-refractivity contribution in [2.24, 2.45) is 0 Å². The fourth-order valence-electron chi connectivity index (χ4n) is 1.27. The van der Waals surface area contributed by atoms with Gasteiger partial charge in [-0.3, -0.25) is 4.79 Å². The Morgan fingerprint density at radius 2 is 2.07 bits per heavy atom. The van der Waals surface area contributed by atoms with Crippen LogP contribution in [0.25, 0.3) is 11.0 Å². The third-order valence-electron chi connectivity index (χ3n) is 1.95. The molecule has 1 aromatic heterocycles. The van der Waals surface area contributed by atoms with E-state index in [9.17, 15) is 14.7 Å². The summed E-state index contributed by atoms with van der Waals surface area (Å²) in [7, 11) is 0. The highest BCUT2D eigenvalue weighted by atomic mass is 16.4. The van der Waals surface area contributed by atoms with Crippen molar-refractivity contribution in [1.29, 1.82) is 0 Å². The van der Waals surface area contributed by atoms with Gasteiger partial charge in [-0.05, 0) is 12.1 Å². The molecule has 0 bridgehead atoms. The van der Waals surface area contributed by atoms with Crippen LogP contribution in [0.3, 0.4) is 0 Å². The number of fused-ring (bicyclic) bond motifs is 1. The lowest BCUT2D eigenvalue weighted by molar-refractivity contribution is -0.257. The molecule has 5 nitrogen and oxygen atoms in total. The monoisotopic (exact) mass is 204 g/mol. The second-order valence-corrected chi connectivity index (χ2v) is 3.02. The quantitative estimate of drug-likeness (QED) is 0.645. The number of nitrogens with two attached hydrogens (primary N) is 1. The van der Waals surface area contributed by atoms with Crippen LogP contribution in [0.15, 0.2) is 33.5 Å². The molecule has 2 aromatic rings. The van der Waals surface area contributed by atoms with Crippen LogP contribution in [0, 0.1) is 0 Å². The largest absolute Gasteiger partial charge is 0.542 e. The first-order valence-electron chi connectivity index (χ1n) is 4.12. The first-order chi connectivity index (χ1) is 7.08. The number of nitrogen functional groups attached to an aromatic ring is 1. The molecule has 0 saturated carbocycles. The summed E-state index contributed by atoms with van der Waals surface area (Å²) in [6, 6.07) is 5.30. The maximum atomic E-state index is 11.4. The smallest absolute Gasteiger partial charge is 0.193 e. The Morgan fingerprint density at radius 3 is 2.73 bits per heavy atom. The lowest BCUT2D eigenvalue weighted by atomic mass is 10.2. The molecule has 0 fully saturated rings. The first-order valence-corrected chi connectivity index (χ1v) is 4.12. The van der Waals surface area contributed by atoms with Crippen molar-refractivity contribution in [2.75, 3.05) is 5.73 Å². The van der Waals surface area contributed by atoms with Gasteiger partial charge < -0.3 is 20.1 Å². The molecule has 0 amide bonds.